The summed E-state index contributed by atoms with van der Waals surface area (Å²) in [6.45, 7) is 6.11. The largest absolute Gasteiger partial charge is 0.488 e. The Labute approximate surface area is 175 Å². The van der Waals surface area contributed by atoms with Gasteiger partial charge in [0.2, 0.25) is 0 Å². The number of anilines is 1. The second-order valence-corrected chi connectivity index (χ2v) is 6.42. The van der Waals surface area contributed by atoms with Crippen molar-refractivity contribution >= 4 is 23.9 Å². The van der Waals surface area contributed by atoms with Crippen LogP contribution in [0.4, 0.5) is 5.82 Å². The number of hydrogen-bond acceptors (Lipinski definition) is 6. The molecule has 0 saturated heterocycles. The lowest BCUT2D eigenvalue weighted by Crippen LogP contribution is -2.24. The van der Waals surface area contributed by atoms with Gasteiger partial charge >= 0.3 is 0 Å². The lowest BCUT2D eigenvalue weighted by atomic mass is 10.2. The third-order valence-corrected chi connectivity index (χ3v) is 4.16. The SMILES string of the molecule is C.Cc1ccc(-n2cc(OCC(C)Nc3ncnc(C)c3Cl)cn2)cc1.O=CO. The third kappa shape index (κ3) is 7.08. The van der Waals surface area contributed by atoms with E-state index in [0.717, 1.165) is 11.4 Å². The Balaban J connectivity index is 0.000000990. The summed E-state index contributed by atoms with van der Waals surface area (Å²) in [5.41, 5.74) is 2.95. The average Bonchev–Trinajstić information content (AvgIpc) is 3.14. The van der Waals surface area contributed by atoms with E-state index in [9.17, 15) is 0 Å². The molecule has 29 heavy (non-hydrogen) atoms. The van der Waals surface area contributed by atoms with E-state index in [4.69, 9.17) is 26.2 Å². The van der Waals surface area contributed by atoms with E-state index >= 15 is 0 Å². The zero-order valence-electron chi connectivity index (χ0n) is 15.8. The minimum absolute atomic E-state index is 0. The van der Waals surface area contributed by atoms with Gasteiger partial charge < -0.3 is 15.2 Å². The molecule has 0 saturated carbocycles. The molecule has 156 valence electrons. The maximum atomic E-state index is 8.36. The molecule has 0 fully saturated rings. The Morgan fingerprint density at radius 2 is 1.93 bits per heavy atom. The van der Waals surface area contributed by atoms with E-state index in [2.05, 4.69) is 39.4 Å². The molecule has 1 aromatic carbocycles. The zero-order valence-corrected chi connectivity index (χ0v) is 16.6. The van der Waals surface area contributed by atoms with E-state index < -0.39 is 0 Å². The molecule has 9 heteroatoms. The molecule has 1 atom stereocenters. The number of nitrogens with zero attached hydrogens (tertiary/aromatic N) is 4. The first-order valence-corrected chi connectivity index (χ1v) is 8.88. The highest BCUT2D eigenvalue weighted by Crippen LogP contribution is 2.21. The van der Waals surface area contributed by atoms with Crippen molar-refractivity contribution in [2.24, 2.45) is 0 Å². The molecule has 0 radical (unpaired) electrons. The van der Waals surface area contributed by atoms with Gasteiger partial charge in [0.15, 0.2) is 5.75 Å². The van der Waals surface area contributed by atoms with E-state index in [1.165, 1.54) is 11.9 Å². The number of carbonyl (C=O) groups is 1. The Hall–Kier alpha value is -3.13. The molecule has 0 aliphatic rings. The van der Waals surface area contributed by atoms with E-state index in [0.29, 0.717) is 23.2 Å². The van der Waals surface area contributed by atoms with Crippen LogP contribution in [0.25, 0.3) is 5.69 Å². The summed E-state index contributed by atoms with van der Waals surface area (Å²) < 4.78 is 7.59. The van der Waals surface area contributed by atoms with Crippen molar-refractivity contribution < 1.29 is 14.6 Å². The maximum Gasteiger partial charge on any atom is 0.290 e. The fourth-order valence-electron chi connectivity index (χ4n) is 2.27. The van der Waals surface area contributed by atoms with Gasteiger partial charge in [0.05, 0.1) is 29.8 Å². The van der Waals surface area contributed by atoms with Crippen molar-refractivity contribution in [1.29, 1.82) is 0 Å². The van der Waals surface area contributed by atoms with Crippen molar-refractivity contribution in [3.63, 3.8) is 0 Å². The van der Waals surface area contributed by atoms with E-state index in [-0.39, 0.29) is 19.9 Å². The van der Waals surface area contributed by atoms with Gasteiger partial charge in [-0.25, -0.2) is 14.6 Å². The quantitative estimate of drug-likeness (QED) is 0.578. The molecule has 0 amide bonds. The molecule has 0 aliphatic carbocycles. The van der Waals surface area contributed by atoms with Crippen LogP contribution in [0, 0.1) is 13.8 Å². The Morgan fingerprint density at radius 1 is 1.28 bits per heavy atom. The van der Waals surface area contributed by atoms with Gasteiger partial charge in [-0.1, -0.05) is 36.7 Å². The van der Waals surface area contributed by atoms with Gasteiger partial charge in [-0.15, -0.1) is 0 Å². The van der Waals surface area contributed by atoms with Crippen LogP contribution < -0.4 is 10.1 Å². The summed E-state index contributed by atoms with van der Waals surface area (Å²) in [5.74, 6) is 1.32. The number of rotatable bonds is 6. The molecule has 2 aromatic heterocycles. The molecule has 8 nitrogen and oxygen atoms in total. The van der Waals surface area contributed by atoms with Crippen molar-refractivity contribution in [3.05, 3.63) is 59.3 Å². The third-order valence-electron chi connectivity index (χ3n) is 3.70. The standard InChI is InChI=1S/C18H20ClN5O.CH2O2.CH4/c1-12-4-6-15(7-5-12)24-9-16(8-22-24)25-10-13(2)23-18-17(19)14(3)20-11-21-18;2-1-3;/h4-9,11,13H,10H2,1-3H3,(H,20,21,23);1H,(H,2,3);1H4. The molecule has 1 unspecified atom stereocenters. The summed E-state index contributed by atoms with van der Waals surface area (Å²) in [7, 11) is 0. The van der Waals surface area contributed by atoms with Crippen molar-refractivity contribution in [3.8, 4) is 11.4 Å². The van der Waals surface area contributed by atoms with Crippen LogP contribution in [0.2, 0.25) is 5.02 Å². The molecule has 0 aliphatic heterocycles. The Bertz CT molecular complexity index is 899. The predicted octanol–water partition coefficient (Wildman–Crippen LogP) is 4.15. The van der Waals surface area contributed by atoms with Gasteiger partial charge in [0, 0.05) is 0 Å². The summed E-state index contributed by atoms with van der Waals surface area (Å²) in [5, 5.41) is 15.0. The summed E-state index contributed by atoms with van der Waals surface area (Å²) in [6.07, 6.45) is 5.05. The number of benzene rings is 1. The van der Waals surface area contributed by atoms with Crippen molar-refractivity contribution in [2.75, 3.05) is 11.9 Å². The lowest BCUT2D eigenvalue weighted by Gasteiger charge is -2.15. The van der Waals surface area contributed by atoms with Crippen molar-refractivity contribution in [1.82, 2.24) is 19.7 Å². The van der Waals surface area contributed by atoms with E-state index in [1.807, 2.05) is 32.2 Å². The first-order valence-electron chi connectivity index (χ1n) is 8.50. The monoisotopic (exact) mass is 419 g/mol. The second kappa shape index (κ2) is 11.7. The number of aromatic nitrogens is 4. The fourth-order valence-corrected chi connectivity index (χ4v) is 2.43. The number of ether oxygens (including phenoxy) is 1. The number of carboxylic acid groups (broad SMARTS) is 1. The van der Waals surface area contributed by atoms with Crippen molar-refractivity contribution in [2.45, 2.75) is 34.2 Å². The molecule has 3 aromatic rings. The highest BCUT2D eigenvalue weighted by atomic mass is 35.5. The van der Waals surface area contributed by atoms with Gasteiger partial charge in [-0.05, 0) is 32.9 Å². The topological polar surface area (TPSA) is 102 Å². The predicted molar refractivity (Wildman–Crippen MR) is 114 cm³/mol. The minimum Gasteiger partial charge on any atom is -0.488 e. The molecular weight excluding hydrogens is 394 g/mol. The van der Waals surface area contributed by atoms with Crippen LogP contribution in [0.5, 0.6) is 5.75 Å². The molecule has 3 rings (SSSR count). The number of aryl methyl sites for hydroxylation is 2. The molecule has 0 bridgehead atoms. The number of halogens is 1. The minimum atomic E-state index is -0.250. The van der Waals surface area contributed by atoms with Crippen LogP contribution in [-0.4, -0.2) is 44.0 Å². The molecular formula is C20H26ClN5O3. The Morgan fingerprint density at radius 3 is 2.59 bits per heavy atom. The van der Waals surface area contributed by atoms with Crippen LogP contribution in [0.3, 0.4) is 0 Å². The smallest absolute Gasteiger partial charge is 0.290 e. The molecule has 2 heterocycles. The normalized spacial score (nSPS) is 10.8. The van der Waals surface area contributed by atoms with Gasteiger partial charge in [0.1, 0.15) is 23.8 Å². The van der Waals surface area contributed by atoms with Gasteiger partial charge in [-0.3, -0.25) is 4.79 Å². The number of nitrogens with one attached hydrogen (secondary N) is 1. The average molecular weight is 420 g/mol. The van der Waals surface area contributed by atoms with Gasteiger partial charge in [-0.2, -0.15) is 5.10 Å². The summed E-state index contributed by atoms with van der Waals surface area (Å²) >= 11 is 6.20. The second-order valence-electron chi connectivity index (χ2n) is 6.04. The van der Waals surface area contributed by atoms with Crippen LogP contribution in [-0.2, 0) is 4.79 Å². The highest BCUT2D eigenvalue weighted by molar-refractivity contribution is 6.33. The van der Waals surface area contributed by atoms with Gasteiger partial charge in [0.25, 0.3) is 6.47 Å². The first-order chi connectivity index (χ1) is 13.4. The summed E-state index contributed by atoms with van der Waals surface area (Å²) in [6, 6.07) is 8.17. The summed E-state index contributed by atoms with van der Waals surface area (Å²) in [4.78, 5) is 16.6. The molecule has 0 spiro atoms. The van der Waals surface area contributed by atoms with Crippen LogP contribution >= 0.6 is 11.6 Å². The first kappa shape index (κ1) is 23.9. The highest BCUT2D eigenvalue weighted by Gasteiger charge is 2.10. The van der Waals surface area contributed by atoms with Crippen LogP contribution in [0.15, 0.2) is 43.0 Å². The zero-order chi connectivity index (χ0) is 20.5. The Kier molecular flexibility index (Phi) is 9.61. The number of hydrogen-bond donors (Lipinski definition) is 2. The van der Waals surface area contributed by atoms with E-state index in [1.54, 1.807) is 10.9 Å². The lowest BCUT2D eigenvalue weighted by molar-refractivity contribution is -0.122. The fraction of sp³-hybridized carbons (Fsp3) is 0.300. The maximum absolute atomic E-state index is 8.36. The van der Waals surface area contributed by atoms with Crippen LogP contribution in [0.1, 0.15) is 25.6 Å². The molecule has 2 N–H and O–H groups in total.